The molecule has 3 aromatic rings. The van der Waals surface area contributed by atoms with Gasteiger partial charge in [-0.25, -0.2) is 4.98 Å². The second kappa shape index (κ2) is 10.2. The van der Waals surface area contributed by atoms with E-state index in [2.05, 4.69) is 10.3 Å². The number of rotatable bonds is 8. The number of aliphatic hydroxyl groups excluding tert-OH is 1. The number of hydrogen-bond donors (Lipinski definition) is 2. The molecule has 2 aromatic carbocycles. The van der Waals surface area contributed by atoms with Crippen LogP contribution in [0.5, 0.6) is 0 Å². The molecule has 10 heteroatoms. The van der Waals surface area contributed by atoms with Crippen LogP contribution in [0.4, 0.5) is 13.2 Å². The number of benzene rings is 2. The zero-order valence-electron chi connectivity index (χ0n) is 16.2. The Morgan fingerprint density at radius 1 is 1.16 bits per heavy atom. The van der Waals surface area contributed by atoms with Gasteiger partial charge in [-0.1, -0.05) is 53.7 Å². The standard InChI is InChI=1S/C21H19ClF3N3O2S/c22-17-6-4-14(5-7-17)9-26-19(30)11-28-18(12-29)10-27-20(28)31-13-15-2-1-3-16(8-15)21(23,24)25/h1-8,10,29H,9,11-13H2,(H,26,30). The quantitative estimate of drug-likeness (QED) is 0.471. The largest absolute Gasteiger partial charge is 0.416 e. The normalized spacial score (nSPS) is 11.5. The van der Waals surface area contributed by atoms with Crippen molar-refractivity contribution in [3.8, 4) is 0 Å². The number of nitrogens with zero attached hydrogens (tertiary/aromatic N) is 2. The molecule has 0 unspecified atom stereocenters. The zero-order chi connectivity index (χ0) is 22.4. The first-order valence-corrected chi connectivity index (χ1v) is 10.6. The Bertz CT molecular complexity index is 1040. The monoisotopic (exact) mass is 469 g/mol. The van der Waals surface area contributed by atoms with Gasteiger partial charge in [-0.05, 0) is 29.3 Å². The molecule has 0 bridgehead atoms. The van der Waals surface area contributed by atoms with E-state index in [9.17, 15) is 23.1 Å². The van der Waals surface area contributed by atoms with Gasteiger partial charge in [-0.3, -0.25) is 4.79 Å². The summed E-state index contributed by atoms with van der Waals surface area (Å²) in [7, 11) is 0. The lowest BCUT2D eigenvalue weighted by Gasteiger charge is -2.12. The van der Waals surface area contributed by atoms with Crippen LogP contribution < -0.4 is 5.32 Å². The summed E-state index contributed by atoms with van der Waals surface area (Å²) in [5.41, 5.74) is 1.08. The molecule has 0 fully saturated rings. The van der Waals surface area contributed by atoms with Crippen molar-refractivity contribution in [2.24, 2.45) is 0 Å². The van der Waals surface area contributed by atoms with Crippen molar-refractivity contribution < 1.29 is 23.1 Å². The zero-order valence-corrected chi connectivity index (χ0v) is 17.8. The maximum absolute atomic E-state index is 12.9. The summed E-state index contributed by atoms with van der Waals surface area (Å²) in [4.78, 5) is 16.6. The van der Waals surface area contributed by atoms with Gasteiger partial charge < -0.3 is 15.0 Å². The molecular weight excluding hydrogens is 451 g/mol. The van der Waals surface area contributed by atoms with Crippen molar-refractivity contribution in [1.29, 1.82) is 0 Å². The fraction of sp³-hybridized carbons (Fsp3) is 0.238. The summed E-state index contributed by atoms with van der Waals surface area (Å²) in [5, 5.41) is 13.4. The summed E-state index contributed by atoms with van der Waals surface area (Å²) >= 11 is 7.04. The Hall–Kier alpha value is -2.49. The Labute approximate surface area is 186 Å². The Morgan fingerprint density at radius 2 is 1.90 bits per heavy atom. The summed E-state index contributed by atoms with van der Waals surface area (Å²) in [6.45, 7) is -0.0815. The van der Waals surface area contributed by atoms with E-state index in [-0.39, 0.29) is 24.8 Å². The molecule has 0 radical (unpaired) electrons. The fourth-order valence-electron chi connectivity index (χ4n) is 2.79. The predicted molar refractivity (Wildman–Crippen MR) is 112 cm³/mol. The Balaban J connectivity index is 1.64. The SMILES string of the molecule is O=C(Cn1c(CO)cnc1SCc1cccc(C(F)(F)F)c1)NCc1ccc(Cl)cc1. The number of halogens is 4. The Morgan fingerprint density at radius 3 is 2.58 bits per heavy atom. The minimum absolute atomic E-state index is 0.0750. The molecule has 1 heterocycles. The van der Waals surface area contributed by atoms with E-state index >= 15 is 0 Å². The molecule has 0 saturated carbocycles. The molecule has 164 valence electrons. The van der Waals surface area contributed by atoms with Crippen LogP contribution in [0.3, 0.4) is 0 Å². The van der Waals surface area contributed by atoms with Crippen LogP contribution in [0, 0.1) is 0 Å². The second-order valence-corrected chi connectivity index (χ2v) is 8.05. The number of alkyl halides is 3. The number of nitrogens with one attached hydrogen (secondary N) is 1. The molecule has 31 heavy (non-hydrogen) atoms. The average Bonchev–Trinajstić information content (AvgIpc) is 3.13. The van der Waals surface area contributed by atoms with Crippen LogP contribution in [0.15, 0.2) is 59.9 Å². The van der Waals surface area contributed by atoms with Crippen molar-refractivity contribution in [1.82, 2.24) is 14.9 Å². The maximum atomic E-state index is 12.9. The van der Waals surface area contributed by atoms with E-state index in [1.165, 1.54) is 24.0 Å². The highest BCUT2D eigenvalue weighted by molar-refractivity contribution is 7.98. The Kier molecular flexibility index (Phi) is 7.64. The molecule has 5 nitrogen and oxygen atoms in total. The molecule has 1 aromatic heterocycles. The molecule has 0 aliphatic carbocycles. The summed E-state index contributed by atoms with van der Waals surface area (Å²) < 4.78 is 40.3. The van der Waals surface area contributed by atoms with Crippen molar-refractivity contribution in [3.63, 3.8) is 0 Å². The van der Waals surface area contributed by atoms with E-state index < -0.39 is 11.7 Å². The van der Waals surface area contributed by atoms with Crippen LogP contribution >= 0.6 is 23.4 Å². The number of imidazole rings is 1. The number of aromatic nitrogens is 2. The first-order chi connectivity index (χ1) is 14.8. The highest BCUT2D eigenvalue weighted by atomic mass is 35.5. The van der Waals surface area contributed by atoms with E-state index in [4.69, 9.17) is 11.6 Å². The molecule has 0 saturated heterocycles. The van der Waals surface area contributed by atoms with Gasteiger partial charge in [0, 0.05) is 17.3 Å². The molecule has 0 aliphatic rings. The lowest BCUT2D eigenvalue weighted by Crippen LogP contribution is -2.28. The third-order valence-corrected chi connectivity index (χ3v) is 5.70. The van der Waals surface area contributed by atoms with Crippen LogP contribution in [0.2, 0.25) is 5.02 Å². The van der Waals surface area contributed by atoms with Crippen molar-refractivity contribution in [2.75, 3.05) is 0 Å². The van der Waals surface area contributed by atoms with Gasteiger partial charge in [-0.15, -0.1) is 0 Å². The van der Waals surface area contributed by atoms with Crippen molar-refractivity contribution in [3.05, 3.63) is 82.1 Å². The lowest BCUT2D eigenvalue weighted by molar-refractivity contribution is -0.137. The van der Waals surface area contributed by atoms with Gasteiger partial charge in [0.1, 0.15) is 6.54 Å². The van der Waals surface area contributed by atoms with Crippen LogP contribution in [0.1, 0.15) is 22.4 Å². The molecule has 0 aliphatic heterocycles. The van der Waals surface area contributed by atoms with E-state index in [0.29, 0.717) is 28.0 Å². The molecule has 0 spiro atoms. The highest BCUT2D eigenvalue weighted by Crippen LogP contribution is 2.31. The molecule has 2 N–H and O–H groups in total. The molecule has 1 amide bonds. The number of thioether (sulfide) groups is 1. The lowest BCUT2D eigenvalue weighted by atomic mass is 10.1. The van der Waals surface area contributed by atoms with Gasteiger partial charge in [0.25, 0.3) is 0 Å². The molecular formula is C21H19ClF3N3O2S. The first-order valence-electron chi connectivity index (χ1n) is 9.21. The minimum atomic E-state index is -4.41. The first kappa shape index (κ1) is 23.2. The second-order valence-electron chi connectivity index (χ2n) is 6.67. The van der Waals surface area contributed by atoms with Gasteiger partial charge >= 0.3 is 6.18 Å². The van der Waals surface area contributed by atoms with Gasteiger partial charge in [-0.2, -0.15) is 13.2 Å². The van der Waals surface area contributed by atoms with Gasteiger partial charge in [0.15, 0.2) is 5.16 Å². The van der Waals surface area contributed by atoms with Crippen LogP contribution in [0.25, 0.3) is 0 Å². The number of carbonyl (C=O) groups is 1. The topological polar surface area (TPSA) is 67.2 Å². The van der Waals surface area contributed by atoms with Gasteiger partial charge in [0.2, 0.25) is 5.91 Å². The summed E-state index contributed by atoms with van der Waals surface area (Å²) in [6.07, 6.45) is -2.97. The van der Waals surface area contributed by atoms with Crippen LogP contribution in [-0.2, 0) is 36.4 Å². The van der Waals surface area contributed by atoms with E-state index in [0.717, 1.165) is 17.7 Å². The number of amides is 1. The fourth-order valence-corrected chi connectivity index (χ4v) is 3.86. The van der Waals surface area contributed by atoms with Crippen molar-refractivity contribution in [2.45, 2.75) is 36.8 Å². The molecule has 3 rings (SSSR count). The number of carbonyl (C=O) groups excluding carboxylic acids is 1. The van der Waals surface area contributed by atoms with E-state index in [1.807, 2.05) is 0 Å². The minimum Gasteiger partial charge on any atom is -0.390 e. The highest BCUT2D eigenvalue weighted by Gasteiger charge is 2.30. The predicted octanol–water partition coefficient (Wildman–Crippen LogP) is 4.66. The third kappa shape index (κ3) is 6.49. The number of aliphatic hydroxyl groups is 1. The number of hydrogen-bond acceptors (Lipinski definition) is 4. The summed E-state index contributed by atoms with van der Waals surface area (Å²) in [6, 6.07) is 12.1. The van der Waals surface area contributed by atoms with Crippen molar-refractivity contribution >= 4 is 29.3 Å². The van der Waals surface area contributed by atoms with E-state index in [1.54, 1.807) is 34.9 Å². The maximum Gasteiger partial charge on any atom is 0.416 e. The average molecular weight is 470 g/mol. The third-order valence-electron chi connectivity index (χ3n) is 4.39. The van der Waals surface area contributed by atoms with Gasteiger partial charge in [0.05, 0.1) is 24.1 Å². The molecule has 0 atom stereocenters. The summed E-state index contributed by atoms with van der Waals surface area (Å²) in [5.74, 6) is -0.0540. The smallest absolute Gasteiger partial charge is 0.390 e. The van der Waals surface area contributed by atoms with Crippen LogP contribution in [-0.4, -0.2) is 20.6 Å².